The van der Waals surface area contributed by atoms with Crippen LogP contribution in [0.5, 0.6) is 5.75 Å². The van der Waals surface area contributed by atoms with Gasteiger partial charge in [0.2, 0.25) is 5.91 Å². The molecular weight excluding hydrogens is 568 g/mol. The van der Waals surface area contributed by atoms with Gasteiger partial charge in [-0.25, -0.2) is 0 Å². The van der Waals surface area contributed by atoms with E-state index in [1.54, 1.807) is 35.5 Å². The lowest BCUT2D eigenvalue weighted by Gasteiger charge is -2.36. The second-order valence-electron chi connectivity index (χ2n) is 12.3. The third-order valence-corrected chi connectivity index (χ3v) is 8.24. The Morgan fingerprint density at radius 1 is 1.09 bits per heavy atom. The largest absolute Gasteiger partial charge is 0.490 e. The molecule has 0 spiro atoms. The maximum Gasteiger partial charge on any atom is 0.258 e. The van der Waals surface area contributed by atoms with E-state index in [0.29, 0.717) is 36.7 Å². The quantitative estimate of drug-likeness (QED) is 0.341. The standard InChI is InChI=1S/C36H48N4O5/c1-26-22-40(27(2)25-41)36(43)32-21-31(38-35(42)20-29-11-6-5-7-12-29)13-14-33(32)45-28(3)10-8-9-19-44-34(26)24-39(4)23-30-15-17-37-18-16-30/h5-7,11-18,21,26-28,34,41H,8-10,19-20,22-25H2,1-4H3,(H,38,42)/t26-,27+,28-,34-/m1/s1. The molecule has 9 heteroatoms. The molecule has 3 aromatic rings. The van der Waals surface area contributed by atoms with Crippen LogP contribution >= 0.6 is 0 Å². The van der Waals surface area contributed by atoms with Crippen LogP contribution in [0.4, 0.5) is 5.69 Å². The van der Waals surface area contributed by atoms with Crippen LogP contribution in [0.25, 0.3) is 0 Å². The highest BCUT2D eigenvalue weighted by Crippen LogP contribution is 2.28. The van der Waals surface area contributed by atoms with Crippen LogP contribution in [0, 0.1) is 5.92 Å². The van der Waals surface area contributed by atoms with Crippen LogP contribution in [0.1, 0.15) is 61.5 Å². The number of aromatic nitrogens is 1. The van der Waals surface area contributed by atoms with Crippen molar-refractivity contribution in [2.45, 2.75) is 71.2 Å². The first-order chi connectivity index (χ1) is 21.7. The van der Waals surface area contributed by atoms with Crippen LogP contribution in [0.3, 0.4) is 0 Å². The number of hydrogen-bond donors (Lipinski definition) is 2. The molecule has 1 aromatic heterocycles. The molecule has 1 aliphatic rings. The van der Waals surface area contributed by atoms with E-state index < -0.39 is 6.04 Å². The third kappa shape index (κ3) is 10.4. The highest BCUT2D eigenvalue weighted by molar-refractivity contribution is 6.00. The molecule has 242 valence electrons. The first-order valence-electron chi connectivity index (χ1n) is 16.0. The summed E-state index contributed by atoms with van der Waals surface area (Å²) in [6, 6.07) is 18.3. The van der Waals surface area contributed by atoms with Crippen molar-refractivity contribution in [1.82, 2.24) is 14.8 Å². The second-order valence-corrected chi connectivity index (χ2v) is 12.3. The molecule has 4 atom stereocenters. The predicted octanol–water partition coefficient (Wildman–Crippen LogP) is 5.19. The number of rotatable bonds is 9. The molecule has 0 aliphatic carbocycles. The van der Waals surface area contributed by atoms with Crippen LogP contribution in [-0.4, -0.2) is 83.3 Å². The Hall–Kier alpha value is -3.79. The van der Waals surface area contributed by atoms with Gasteiger partial charge in [-0.1, -0.05) is 37.3 Å². The van der Waals surface area contributed by atoms with E-state index >= 15 is 0 Å². The number of carbonyl (C=O) groups is 2. The lowest BCUT2D eigenvalue weighted by molar-refractivity contribution is -0.115. The Morgan fingerprint density at radius 3 is 2.58 bits per heavy atom. The summed E-state index contributed by atoms with van der Waals surface area (Å²) in [5.41, 5.74) is 2.95. The summed E-state index contributed by atoms with van der Waals surface area (Å²) in [5, 5.41) is 13.2. The molecule has 2 aromatic carbocycles. The van der Waals surface area contributed by atoms with E-state index in [1.807, 2.05) is 56.3 Å². The highest BCUT2D eigenvalue weighted by atomic mass is 16.5. The van der Waals surface area contributed by atoms with Crippen molar-refractivity contribution in [3.8, 4) is 5.75 Å². The van der Waals surface area contributed by atoms with E-state index in [9.17, 15) is 14.7 Å². The van der Waals surface area contributed by atoms with Crippen LogP contribution in [0.15, 0.2) is 73.1 Å². The Labute approximate surface area is 267 Å². The first kappa shape index (κ1) is 34.1. The van der Waals surface area contributed by atoms with Crippen LogP contribution in [-0.2, 0) is 22.5 Å². The van der Waals surface area contributed by atoms with Gasteiger partial charge >= 0.3 is 0 Å². The summed E-state index contributed by atoms with van der Waals surface area (Å²) in [6.07, 6.45) is 6.21. The van der Waals surface area contributed by atoms with Gasteiger partial charge in [0.05, 0.1) is 36.8 Å². The minimum Gasteiger partial charge on any atom is -0.490 e. The van der Waals surface area contributed by atoms with Crippen molar-refractivity contribution in [3.63, 3.8) is 0 Å². The molecule has 9 nitrogen and oxygen atoms in total. The minimum atomic E-state index is -0.440. The molecule has 4 rings (SSSR count). The molecule has 0 saturated heterocycles. The number of carbonyl (C=O) groups excluding carboxylic acids is 2. The maximum absolute atomic E-state index is 14.3. The molecule has 0 saturated carbocycles. The topological polar surface area (TPSA) is 104 Å². The summed E-state index contributed by atoms with van der Waals surface area (Å²) in [4.78, 5) is 35.3. The van der Waals surface area contributed by atoms with Gasteiger partial charge in [0.1, 0.15) is 5.75 Å². The molecule has 1 aliphatic heterocycles. The van der Waals surface area contributed by atoms with Crippen molar-refractivity contribution in [2.75, 3.05) is 38.7 Å². The van der Waals surface area contributed by atoms with Crippen molar-refractivity contribution >= 4 is 17.5 Å². The predicted molar refractivity (Wildman–Crippen MR) is 176 cm³/mol. The van der Waals surface area contributed by atoms with Gasteiger partial charge < -0.3 is 24.8 Å². The minimum absolute atomic E-state index is 0.0252. The number of amides is 2. The van der Waals surface area contributed by atoms with Crippen molar-refractivity contribution in [2.24, 2.45) is 5.92 Å². The van der Waals surface area contributed by atoms with E-state index in [0.717, 1.165) is 31.4 Å². The molecule has 0 fully saturated rings. The average molecular weight is 617 g/mol. The lowest BCUT2D eigenvalue weighted by atomic mass is 10.0. The molecule has 45 heavy (non-hydrogen) atoms. The number of ether oxygens (including phenoxy) is 2. The Bertz CT molecular complexity index is 1360. The van der Waals surface area contributed by atoms with E-state index in [1.165, 1.54) is 5.56 Å². The van der Waals surface area contributed by atoms with Gasteiger partial charge in [-0.05, 0) is 81.6 Å². The molecule has 2 amide bonds. The smallest absolute Gasteiger partial charge is 0.258 e. The number of aliphatic hydroxyl groups excluding tert-OH is 1. The molecule has 0 bridgehead atoms. The van der Waals surface area contributed by atoms with Crippen molar-refractivity contribution in [3.05, 3.63) is 89.7 Å². The monoisotopic (exact) mass is 616 g/mol. The fraction of sp³-hybridized carbons (Fsp3) is 0.472. The summed E-state index contributed by atoms with van der Waals surface area (Å²) in [6.45, 7) is 8.20. The molecule has 0 radical (unpaired) electrons. The fourth-order valence-corrected chi connectivity index (χ4v) is 5.62. The summed E-state index contributed by atoms with van der Waals surface area (Å²) in [7, 11) is 2.07. The number of fused-ring (bicyclic) bond motifs is 1. The van der Waals surface area contributed by atoms with E-state index in [4.69, 9.17) is 9.47 Å². The van der Waals surface area contributed by atoms with Crippen LogP contribution in [0.2, 0.25) is 0 Å². The maximum atomic E-state index is 14.3. The Balaban J connectivity index is 1.59. The number of nitrogens with zero attached hydrogens (tertiary/aromatic N) is 3. The van der Waals surface area contributed by atoms with Crippen LogP contribution < -0.4 is 10.1 Å². The van der Waals surface area contributed by atoms with E-state index in [-0.39, 0.29) is 43.0 Å². The van der Waals surface area contributed by atoms with Crippen molar-refractivity contribution < 1.29 is 24.2 Å². The SMILES string of the molecule is C[C@@H]1CCCCO[C@H](CN(C)Cc2ccncc2)[C@H](C)CN([C@@H](C)CO)C(=O)c2cc(NC(=O)Cc3ccccc3)ccc2O1. The molecular formula is C36H48N4O5. The Morgan fingerprint density at radius 2 is 1.84 bits per heavy atom. The zero-order chi connectivity index (χ0) is 32.2. The zero-order valence-corrected chi connectivity index (χ0v) is 27.0. The number of pyridine rings is 1. The van der Waals surface area contributed by atoms with E-state index in [2.05, 4.69) is 29.2 Å². The van der Waals surface area contributed by atoms with Gasteiger partial charge in [0.25, 0.3) is 5.91 Å². The first-order valence-corrected chi connectivity index (χ1v) is 16.0. The Kier molecular flexibility index (Phi) is 12.9. The van der Waals surface area contributed by atoms with Gasteiger partial charge in [-0.2, -0.15) is 0 Å². The fourth-order valence-electron chi connectivity index (χ4n) is 5.62. The number of aliphatic hydroxyl groups is 1. The van der Waals surface area contributed by atoms with Gasteiger partial charge in [0.15, 0.2) is 0 Å². The highest BCUT2D eigenvalue weighted by Gasteiger charge is 2.30. The molecule has 0 unspecified atom stereocenters. The summed E-state index contributed by atoms with van der Waals surface area (Å²) < 4.78 is 12.8. The third-order valence-electron chi connectivity index (χ3n) is 8.24. The summed E-state index contributed by atoms with van der Waals surface area (Å²) in [5.74, 6) is 0.0145. The number of anilines is 1. The average Bonchev–Trinajstić information content (AvgIpc) is 3.03. The number of benzene rings is 2. The number of likely N-dealkylation sites (N-methyl/N-ethyl adjacent to an activating group) is 1. The lowest BCUT2D eigenvalue weighted by Crippen LogP contribution is -2.47. The zero-order valence-electron chi connectivity index (χ0n) is 27.0. The van der Waals surface area contributed by atoms with Gasteiger partial charge in [-0.3, -0.25) is 19.5 Å². The van der Waals surface area contributed by atoms with Crippen molar-refractivity contribution in [1.29, 1.82) is 0 Å². The number of nitrogens with one attached hydrogen (secondary N) is 1. The summed E-state index contributed by atoms with van der Waals surface area (Å²) >= 11 is 0. The van der Waals surface area contributed by atoms with Gasteiger partial charge in [0, 0.05) is 50.2 Å². The number of hydrogen-bond acceptors (Lipinski definition) is 7. The molecule has 2 N–H and O–H groups in total. The normalized spacial score (nSPS) is 20.5. The van der Waals surface area contributed by atoms with Gasteiger partial charge in [-0.15, -0.1) is 0 Å². The molecule has 2 heterocycles. The second kappa shape index (κ2) is 17.1.